The van der Waals surface area contributed by atoms with E-state index in [9.17, 15) is 50.7 Å². The van der Waals surface area contributed by atoms with Crippen LogP contribution in [0.2, 0.25) is 0 Å². The Bertz CT molecular complexity index is 3120. The normalized spacial score (nSPS) is 31.7. The highest BCUT2D eigenvalue weighted by Crippen LogP contribution is 2.42. The number of esters is 3. The lowest BCUT2D eigenvalue weighted by atomic mass is 9.84. The molecule has 0 radical (unpaired) electrons. The van der Waals surface area contributed by atoms with Crippen LogP contribution in [0.1, 0.15) is 91.3 Å². The summed E-state index contributed by atoms with van der Waals surface area (Å²) in [6.07, 6.45) is -17.6. The van der Waals surface area contributed by atoms with Crippen LogP contribution < -0.4 is 0 Å². The number of hydrogen-bond acceptors (Lipinski definition) is 24. The molecule has 3 aromatic rings. The molecule has 92 heavy (non-hydrogen) atoms. The number of azide groups is 1. The first kappa shape index (κ1) is 73.4. The molecule has 31 heteroatoms. The molecule has 20 atom stereocenters. The molecule has 0 saturated carbocycles. The number of rotatable bonds is 30. The zero-order valence-electron chi connectivity index (χ0n) is 52.7. The van der Waals surface area contributed by atoms with Crippen molar-refractivity contribution in [1.82, 2.24) is 4.90 Å². The van der Waals surface area contributed by atoms with Crippen LogP contribution in [0.5, 0.6) is 0 Å². The van der Waals surface area contributed by atoms with E-state index in [4.69, 9.17) is 69.9 Å². The van der Waals surface area contributed by atoms with Crippen molar-refractivity contribution in [3.8, 4) is 0 Å². The second-order valence-corrected chi connectivity index (χ2v) is 25.4. The van der Waals surface area contributed by atoms with Gasteiger partial charge < -0.3 is 66.5 Å². The highest BCUT2D eigenvalue weighted by atomic mass is 32.3. The highest BCUT2D eigenvalue weighted by Gasteiger charge is 2.57. The standard InChI is InChI=1S/C61H84N4O25S2/c1-35-36(2)57(77-29-21-13-20-28-65(30-43-22-14-10-15-23-43)61(69)79-32-45-26-18-12-19-27-45)85-46(33-80-91(70,71)72)49(35)87-59-53(83-41(7)66)39(5)52(54(90-59)56(68)76-9)89-58-48(63-64-62)38(4)50(47(86-58)34-81-92(73,74)75)88-60-55(84-42(8)67)51(37(3)40(6)82-60)78-31-44-24-16-11-17-25-44/h10-12,14-19,22-27,35-40,46-55,57-60H,13,20-21,28-34H2,1-9H3,(H,70,71,72)(H,73,74,75)/t35-,36?,37-,38-,39+,40?,46?,47?,48?,49+,50+,51-,52+,53?,54?,55?,57+,58-,59-,60+/m1/s1. The van der Waals surface area contributed by atoms with Crippen LogP contribution in [0.25, 0.3) is 10.4 Å². The minimum atomic E-state index is -5.18. The Labute approximate surface area is 535 Å². The predicted molar refractivity (Wildman–Crippen MR) is 320 cm³/mol. The van der Waals surface area contributed by atoms with Crippen LogP contribution >= 0.6 is 0 Å². The van der Waals surface area contributed by atoms with E-state index in [-0.39, 0.29) is 25.7 Å². The largest absolute Gasteiger partial charge is 0.467 e. The molecule has 3 aromatic carbocycles. The van der Waals surface area contributed by atoms with E-state index in [0.717, 1.165) is 30.7 Å². The van der Waals surface area contributed by atoms with Crippen LogP contribution in [-0.2, 0) is 125 Å². The van der Waals surface area contributed by atoms with E-state index in [1.165, 1.54) is 20.8 Å². The number of carbonyl (C=O) groups excluding carboxylic acids is 4. The lowest BCUT2D eigenvalue weighted by molar-refractivity contribution is -0.361. The Morgan fingerprint density at radius 1 is 0.565 bits per heavy atom. The van der Waals surface area contributed by atoms with Crippen LogP contribution in [0.4, 0.5) is 4.79 Å². The van der Waals surface area contributed by atoms with Gasteiger partial charge in [0.25, 0.3) is 0 Å². The summed E-state index contributed by atoms with van der Waals surface area (Å²) >= 11 is 0. The molecule has 2 N–H and O–H groups in total. The molecular weight excluding hydrogens is 1250 g/mol. The maximum Gasteiger partial charge on any atom is 0.410 e. The molecular formula is C61H84N4O25S2. The third-order valence-electron chi connectivity index (χ3n) is 16.7. The summed E-state index contributed by atoms with van der Waals surface area (Å²) in [5, 5.41) is 3.99. The first-order chi connectivity index (χ1) is 43.7. The van der Waals surface area contributed by atoms with Crippen molar-refractivity contribution < 1.29 is 115 Å². The number of unbranched alkanes of at least 4 members (excludes halogenated alkanes) is 2. The first-order valence-corrected chi connectivity index (χ1v) is 33.0. The summed E-state index contributed by atoms with van der Waals surface area (Å²) in [7, 11) is -9.20. The van der Waals surface area contributed by atoms with Gasteiger partial charge in [-0.25, -0.2) is 18.0 Å². The van der Waals surface area contributed by atoms with E-state index in [2.05, 4.69) is 10.0 Å². The summed E-state index contributed by atoms with van der Waals surface area (Å²) in [6, 6.07) is 26.6. The molecule has 8 unspecified atom stereocenters. The number of nitrogens with zero attached hydrogens (tertiary/aromatic N) is 4. The highest BCUT2D eigenvalue weighted by molar-refractivity contribution is 7.81. The molecule has 29 nitrogen and oxygen atoms in total. The molecule has 0 bridgehead atoms. The zero-order chi connectivity index (χ0) is 66.9. The van der Waals surface area contributed by atoms with Crippen LogP contribution in [0, 0.1) is 29.6 Å². The van der Waals surface area contributed by atoms with E-state index in [0.29, 0.717) is 32.4 Å². The molecule has 0 aromatic heterocycles. The van der Waals surface area contributed by atoms with Gasteiger partial charge in [-0.15, -0.1) is 0 Å². The van der Waals surface area contributed by atoms with Crippen LogP contribution in [-0.4, -0.2) is 181 Å². The fourth-order valence-corrected chi connectivity index (χ4v) is 12.1. The van der Waals surface area contributed by atoms with Gasteiger partial charge in [0.15, 0.2) is 43.5 Å². The molecule has 1 amide bonds. The third kappa shape index (κ3) is 21.0. The van der Waals surface area contributed by atoms with Crippen LogP contribution in [0.15, 0.2) is 96.1 Å². The van der Waals surface area contributed by atoms with Crippen LogP contribution in [0.3, 0.4) is 0 Å². The van der Waals surface area contributed by atoms with E-state index < -0.39 is 174 Å². The Hall–Kier alpha value is -5.97. The fraction of sp³-hybridized carbons (Fsp3) is 0.639. The number of ether oxygens (including phenoxy) is 13. The van der Waals surface area contributed by atoms with Crippen molar-refractivity contribution in [3.63, 3.8) is 0 Å². The van der Waals surface area contributed by atoms with Gasteiger partial charge in [0.1, 0.15) is 31.0 Å². The second-order valence-electron chi connectivity index (χ2n) is 23.2. The minimum Gasteiger partial charge on any atom is -0.467 e. The van der Waals surface area contributed by atoms with Crippen molar-refractivity contribution in [2.75, 3.05) is 33.5 Å². The topological polar surface area (TPSA) is 367 Å². The van der Waals surface area contributed by atoms with Gasteiger partial charge in [-0.3, -0.25) is 18.7 Å². The predicted octanol–water partition coefficient (Wildman–Crippen LogP) is 7.21. The summed E-state index contributed by atoms with van der Waals surface area (Å²) in [6.45, 7) is 11.8. The van der Waals surface area contributed by atoms with Crippen molar-refractivity contribution in [3.05, 3.63) is 118 Å². The third-order valence-corrected chi connectivity index (χ3v) is 17.6. The first-order valence-electron chi connectivity index (χ1n) is 30.3. The summed E-state index contributed by atoms with van der Waals surface area (Å²) in [5.41, 5.74) is 12.6. The molecule has 4 heterocycles. The Morgan fingerprint density at radius 2 is 1.09 bits per heavy atom. The quantitative estimate of drug-likeness (QED) is 0.0127. The van der Waals surface area contributed by atoms with E-state index in [1.807, 2.05) is 97.9 Å². The molecule has 7 rings (SSSR count). The maximum absolute atomic E-state index is 14.0. The van der Waals surface area contributed by atoms with Gasteiger partial charge in [0.05, 0.1) is 51.3 Å². The zero-order valence-corrected chi connectivity index (χ0v) is 54.3. The van der Waals surface area contributed by atoms with E-state index >= 15 is 0 Å². The molecule has 4 aliphatic rings. The number of methoxy groups -OCH3 is 1. The number of benzene rings is 3. The van der Waals surface area contributed by atoms with Gasteiger partial charge in [-0.1, -0.05) is 131 Å². The molecule has 0 aliphatic carbocycles. The van der Waals surface area contributed by atoms with Gasteiger partial charge >= 0.3 is 44.8 Å². The van der Waals surface area contributed by atoms with Crippen molar-refractivity contribution in [2.45, 2.75) is 187 Å². The SMILES string of the molecule is COC(=O)C1O[C@@H](O[C@@H]2C(COS(=O)(=O)O)O[C@H](OCCCCCN(Cc3ccccc3)C(=O)OCc3ccccc3)C(C)[C@H]2C)C(OC(C)=O)[C@@H](C)[C@@H]1O[C@H]1OC(COS(=O)(=O)O)[C@@H](O[C@@H]2OC(C)[C@@H](C)[C@@H](OCc3ccccc3)C2OC(C)=O)[C@H](C)C1N=[N+]=[N-]. The summed E-state index contributed by atoms with van der Waals surface area (Å²) in [5.74, 6) is -6.37. The second kappa shape index (κ2) is 34.4. The number of hydrogen-bond donors (Lipinski definition) is 2. The molecule has 4 saturated heterocycles. The monoisotopic (exact) mass is 1340 g/mol. The smallest absolute Gasteiger partial charge is 0.410 e. The summed E-state index contributed by atoms with van der Waals surface area (Å²) in [4.78, 5) is 57.8. The summed E-state index contributed by atoms with van der Waals surface area (Å²) < 4.78 is 158. The van der Waals surface area contributed by atoms with Crippen molar-refractivity contribution >= 4 is 44.8 Å². The average molecular weight is 1340 g/mol. The molecule has 4 aliphatic heterocycles. The minimum absolute atomic E-state index is 0.105. The van der Waals surface area contributed by atoms with E-state index in [1.54, 1.807) is 25.7 Å². The molecule has 4 fully saturated rings. The van der Waals surface area contributed by atoms with Gasteiger partial charge in [-0.05, 0) is 60.2 Å². The van der Waals surface area contributed by atoms with Crippen molar-refractivity contribution in [1.29, 1.82) is 0 Å². The lowest BCUT2D eigenvalue weighted by Crippen LogP contribution is -2.64. The van der Waals surface area contributed by atoms with Gasteiger partial charge in [-0.2, -0.15) is 16.8 Å². The fourth-order valence-electron chi connectivity index (χ4n) is 11.5. The maximum atomic E-state index is 14.0. The molecule has 510 valence electrons. The van der Waals surface area contributed by atoms with Gasteiger partial charge in [0.2, 0.25) is 0 Å². The lowest BCUT2D eigenvalue weighted by Gasteiger charge is -2.51. The molecule has 0 spiro atoms. The Balaban J connectivity index is 1.07. The number of amides is 1. The number of carbonyl (C=O) groups is 4. The van der Waals surface area contributed by atoms with Crippen molar-refractivity contribution in [2.24, 2.45) is 34.7 Å². The Morgan fingerprint density at radius 3 is 1.64 bits per heavy atom. The van der Waals surface area contributed by atoms with Gasteiger partial charge in [0, 0.05) is 56.2 Å². The average Bonchev–Trinajstić information content (AvgIpc) is 0.792. The Kier molecular flexibility index (Phi) is 27.5.